The quantitative estimate of drug-likeness (QED) is 0.460. The summed E-state index contributed by atoms with van der Waals surface area (Å²) >= 11 is 0. The summed E-state index contributed by atoms with van der Waals surface area (Å²) in [7, 11) is -3.86. The molecule has 1 fully saturated rings. The summed E-state index contributed by atoms with van der Waals surface area (Å²) in [5.74, 6) is 0. The van der Waals surface area contributed by atoms with Crippen LogP contribution in [0, 0.1) is 0 Å². The number of hydrogen-bond donors (Lipinski definition) is 1. The van der Waals surface area contributed by atoms with E-state index in [1.165, 1.54) is 6.08 Å². The summed E-state index contributed by atoms with van der Waals surface area (Å²) < 4.78 is 28.4. The first-order valence-corrected chi connectivity index (χ1v) is 4.06. The molecule has 1 aliphatic carbocycles. The molecule has 0 unspecified atom stereocenters. The fraction of sp³-hybridized carbons (Fsp3) is 0.600. The van der Waals surface area contributed by atoms with Crippen molar-refractivity contribution >= 4 is 10.1 Å². The van der Waals surface area contributed by atoms with E-state index < -0.39 is 14.9 Å². The Morgan fingerprint density at radius 3 is 2.00 bits per heavy atom. The molecule has 0 aromatic heterocycles. The van der Waals surface area contributed by atoms with Crippen LogP contribution >= 0.6 is 0 Å². The molecule has 1 saturated carbocycles. The van der Waals surface area contributed by atoms with E-state index in [2.05, 4.69) is 6.58 Å². The van der Waals surface area contributed by atoms with Gasteiger partial charge in [0.05, 0.1) is 0 Å². The second-order valence-electron chi connectivity index (χ2n) is 2.24. The Morgan fingerprint density at radius 1 is 1.56 bits per heavy atom. The van der Waals surface area contributed by atoms with Gasteiger partial charge in [-0.15, -0.1) is 6.58 Å². The first kappa shape index (κ1) is 6.77. The van der Waals surface area contributed by atoms with Crippen molar-refractivity contribution in [1.29, 1.82) is 0 Å². The molecule has 1 aliphatic rings. The predicted molar refractivity (Wildman–Crippen MR) is 33.7 cm³/mol. The van der Waals surface area contributed by atoms with E-state index in [9.17, 15) is 8.42 Å². The Balaban J connectivity index is 2.97. The second kappa shape index (κ2) is 1.58. The highest BCUT2D eigenvalue weighted by atomic mass is 32.2. The van der Waals surface area contributed by atoms with Crippen LogP contribution in [0.4, 0.5) is 0 Å². The molecule has 1 rings (SSSR count). The van der Waals surface area contributed by atoms with Gasteiger partial charge in [-0.1, -0.05) is 6.08 Å². The van der Waals surface area contributed by atoms with Crippen LogP contribution in [0.3, 0.4) is 0 Å². The average Bonchev–Trinajstić information content (AvgIpc) is 2.40. The lowest BCUT2D eigenvalue weighted by molar-refractivity contribution is 0.473. The molecule has 0 atom stereocenters. The van der Waals surface area contributed by atoms with Crippen LogP contribution in [0.2, 0.25) is 0 Å². The van der Waals surface area contributed by atoms with Crippen LogP contribution in [-0.4, -0.2) is 17.7 Å². The van der Waals surface area contributed by atoms with Gasteiger partial charge >= 0.3 is 0 Å². The maximum atomic E-state index is 10.4. The van der Waals surface area contributed by atoms with Gasteiger partial charge in [0.1, 0.15) is 4.75 Å². The maximum Gasteiger partial charge on any atom is 0.274 e. The molecule has 1 N–H and O–H groups in total. The normalized spacial score (nSPS) is 23.2. The van der Waals surface area contributed by atoms with Gasteiger partial charge in [0.25, 0.3) is 10.1 Å². The number of hydrogen-bond acceptors (Lipinski definition) is 2. The summed E-state index contributed by atoms with van der Waals surface area (Å²) in [5, 5.41) is 0. The van der Waals surface area contributed by atoms with Crippen LogP contribution in [-0.2, 0) is 10.1 Å². The molecular formula is C5H8O3S. The first-order valence-electron chi connectivity index (χ1n) is 2.62. The van der Waals surface area contributed by atoms with Crippen molar-refractivity contribution in [3.05, 3.63) is 12.7 Å². The summed E-state index contributed by atoms with van der Waals surface area (Å²) in [6, 6.07) is 0. The fourth-order valence-electron chi connectivity index (χ4n) is 0.691. The molecule has 0 amide bonds. The van der Waals surface area contributed by atoms with Crippen LogP contribution in [0.15, 0.2) is 12.7 Å². The number of rotatable bonds is 2. The minimum Gasteiger partial charge on any atom is -0.285 e. The minimum absolute atomic E-state index is 0.509. The fourth-order valence-corrected chi connectivity index (χ4v) is 1.52. The van der Waals surface area contributed by atoms with E-state index in [4.69, 9.17) is 4.55 Å². The molecule has 0 aromatic carbocycles. The van der Waals surface area contributed by atoms with Gasteiger partial charge in [-0.25, -0.2) is 0 Å². The lowest BCUT2D eigenvalue weighted by Crippen LogP contribution is -2.18. The van der Waals surface area contributed by atoms with Crippen LogP contribution in [0.5, 0.6) is 0 Å². The zero-order chi connectivity index (χ0) is 7.12. The van der Waals surface area contributed by atoms with E-state index in [1.807, 2.05) is 0 Å². The van der Waals surface area contributed by atoms with Gasteiger partial charge in [-0.2, -0.15) is 8.42 Å². The van der Waals surface area contributed by atoms with Gasteiger partial charge in [0.15, 0.2) is 0 Å². The third kappa shape index (κ3) is 0.881. The topological polar surface area (TPSA) is 54.4 Å². The van der Waals surface area contributed by atoms with Crippen molar-refractivity contribution in [2.24, 2.45) is 0 Å². The molecule has 0 aliphatic heterocycles. The van der Waals surface area contributed by atoms with Crippen LogP contribution in [0.25, 0.3) is 0 Å². The van der Waals surface area contributed by atoms with Crippen LogP contribution in [0.1, 0.15) is 12.8 Å². The summed E-state index contributed by atoms with van der Waals surface area (Å²) in [5.41, 5.74) is 0. The second-order valence-corrected chi connectivity index (χ2v) is 4.01. The molecule has 0 saturated heterocycles. The molecule has 9 heavy (non-hydrogen) atoms. The maximum absolute atomic E-state index is 10.4. The van der Waals surface area contributed by atoms with Crippen molar-refractivity contribution in [2.45, 2.75) is 17.6 Å². The average molecular weight is 148 g/mol. The molecule has 0 aromatic rings. The third-order valence-corrected chi connectivity index (χ3v) is 3.23. The van der Waals surface area contributed by atoms with E-state index in [-0.39, 0.29) is 0 Å². The largest absolute Gasteiger partial charge is 0.285 e. The van der Waals surface area contributed by atoms with E-state index in [0.29, 0.717) is 12.8 Å². The molecule has 4 heteroatoms. The SMILES string of the molecule is C=CC1(S(=O)(=O)O)CC1. The predicted octanol–water partition coefficient (Wildman–Crippen LogP) is 0.593. The van der Waals surface area contributed by atoms with Crippen molar-refractivity contribution < 1.29 is 13.0 Å². The highest BCUT2D eigenvalue weighted by molar-refractivity contribution is 7.87. The zero-order valence-electron chi connectivity index (χ0n) is 4.87. The summed E-state index contributed by atoms with van der Waals surface area (Å²) in [6.07, 6.45) is 2.31. The van der Waals surface area contributed by atoms with Crippen molar-refractivity contribution in [1.82, 2.24) is 0 Å². The van der Waals surface area contributed by atoms with E-state index in [0.717, 1.165) is 0 Å². The first-order chi connectivity index (χ1) is 4.02. The highest BCUT2D eigenvalue weighted by Gasteiger charge is 2.51. The van der Waals surface area contributed by atoms with Crippen LogP contribution < -0.4 is 0 Å². The molecular weight excluding hydrogens is 140 g/mol. The molecule has 0 bridgehead atoms. The standard InChI is InChI=1S/C5H8O3S/c1-2-5(3-4-5)9(6,7)8/h2H,1,3-4H2,(H,6,7,8). The molecule has 0 heterocycles. The van der Waals surface area contributed by atoms with E-state index in [1.54, 1.807) is 0 Å². The smallest absolute Gasteiger partial charge is 0.274 e. The zero-order valence-corrected chi connectivity index (χ0v) is 5.69. The van der Waals surface area contributed by atoms with Gasteiger partial charge in [0, 0.05) is 0 Å². The van der Waals surface area contributed by atoms with Gasteiger partial charge < -0.3 is 0 Å². The summed E-state index contributed by atoms with van der Waals surface area (Å²) in [6.45, 7) is 3.32. The Kier molecular flexibility index (Phi) is 1.18. The Labute approximate surface area is 54.1 Å². The molecule has 52 valence electrons. The monoisotopic (exact) mass is 148 g/mol. The lowest BCUT2D eigenvalue weighted by Gasteiger charge is -2.01. The van der Waals surface area contributed by atoms with Gasteiger partial charge in [-0.05, 0) is 12.8 Å². The van der Waals surface area contributed by atoms with E-state index >= 15 is 0 Å². The Bertz CT molecular complexity index is 223. The Hall–Kier alpha value is -0.350. The van der Waals surface area contributed by atoms with Crippen molar-refractivity contribution in [3.8, 4) is 0 Å². The third-order valence-electron chi connectivity index (χ3n) is 1.63. The van der Waals surface area contributed by atoms with Crippen molar-refractivity contribution in [3.63, 3.8) is 0 Å². The highest BCUT2D eigenvalue weighted by Crippen LogP contribution is 2.43. The lowest BCUT2D eigenvalue weighted by atomic mass is 10.4. The van der Waals surface area contributed by atoms with Gasteiger partial charge in [0.2, 0.25) is 0 Å². The molecule has 0 spiro atoms. The molecule has 3 nitrogen and oxygen atoms in total. The molecule has 0 radical (unpaired) electrons. The Morgan fingerprint density at radius 2 is 2.00 bits per heavy atom. The minimum atomic E-state index is -3.86. The van der Waals surface area contributed by atoms with Crippen molar-refractivity contribution in [2.75, 3.05) is 0 Å². The summed E-state index contributed by atoms with van der Waals surface area (Å²) in [4.78, 5) is 0. The van der Waals surface area contributed by atoms with Gasteiger partial charge in [-0.3, -0.25) is 4.55 Å².